The van der Waals surface area contributed by atoms with E-state index in [9.17, 15) is 9.59 Å². The van der Waals surface area contributed by atoms with Gasteiger partial charge in [-0.25, -0.2) is 4.79 Å². The lowest BCUT2D eigenvalue weighted by molar-refractivity contribution is 0.0957. The number of hydrogen-bond acceptors (Lipinski definition) is 2. The van der Waals surface area contributed by atoms with E-state index in [-0.39, 0.29) is 12.5 Å². The summed E-state index contributed by atoms with van der Waals surface area (Å²) in [6, 6.07) is 5.65. The van der Waals surface area contributed by atoms with Gasteiger partial charge in [0.2, 0.25) is 0 Å². The standard InChI is InChI=1S/C13H15NO2/c1-9-4-10(2)6-12(5-9)13(16)14-7-11(3)8-15/h4-6H,7H2,1-3H3,(H,14,16). The molecule has 0 atom stereocenters. The summed E-state index contributed by atoms with van der Waals surface area (Å²) < 4.78 is 0. The van der Waals surface area contributed by atoms with E-state index >= 15 is 0 Å². The molecule has 1 aromatic carbocycles. The summed E-state index contributed by atoms with van der Waals surface area (Å²) in [5, 5.41) is 2.67. The van der Waals surface area contributed by atoms with Gasteiger partial charge in [0.05, 0.1) is 0 Å². The number of carbonyl (C=O) groups excluding carboxylic acids is 2. The number of carbonyl (C=O) groups is 1. The SMILES string of the molecule is CC(=C=O)CNC(=O)c1cc(C)cc(C)c1. The second kappa shape index (κ2) is 5.29. The first-order chi connectivity index (χ1) is 7.52. The quantitative estimate of drug-likeness (QED) is 0.785. The largest absolute Gasteiger partial charge is 0.348 e. The lowest BCUT2D eigenvalue weighted by atomic mass is 10.1. The topological polar surface area (TPSA) is 46.2 Å². The second-order valence-electron chi connectivity index (χ2n) is 3.94. The zero-order valence-electron chi connectivity index (χ0n) is 9.76. The Morgan fingerprint density at radius 3 is 2.31 bits per heavy atom. The Hall–Kier alpha value is -1.86. The fourth-order valence-electron chi connectivity index (χ4n) is 1.46. The van der Waals surface area contributed by atoms with E-state index in [4.69, 9.17) is 0 Å². The summed E-state index contributed by atoms with van der Waals surface area (Å²) in [6.07, 6.45) is 0. The van der Waals surface area contributed by atoms with Gasteiger partial charge in [0.25, 0.3) is 5.91 Å². The van der Waals surface area contributed by atoms with Crippen LogP contribution < -0.4 is 5.32 Å². The molecule has 0 saturated heterocycles. The molecule has 1 aromatic rings. The molecule has 16 heavy (non-hydrogen) atoms. The van der Waals surface area contributed by atoms with Crippen LogP contribution >= 0.6 is 0 Å². The lowest BCUT2D eigenvalue weighted by Gasteiger charge is -2.06. The molecule has 84 valence electrons. The number of nitrogens with one attached hydrogen (secondary N) is 1. The number of hydrogen-bond donors (Lipinski definition) is 1. The van der Waals surface area contributed by atoms with Gasteiger partial charge in [-0.1, -0.05) is 17.2 Å². The van der Waals surface area contributed by atoms with Crippen LogP contribution in [0.15, 0.2) is 23.8 Å². The van der Waals surface area contributed by atoms with E-state index < -0.39 is 0 Å². The minimum absolute atomic E-state index is 0.165. The third kappa shape index (κ3) is 3.37. The van der Waals surface area contributed by atoms with Crippen molar-refractivity contribution in [3.05, 3.63) is 40.5 Å². The molecule has 0 aliphatic carbocycles. The van der Waals surface area contributed by atoms with Crippen LogP contribution in [-0.4, -0.2) is 18.4 Å². The number of benzene rings is 1. The molecule has 3 nitrogen and oxygen atoms in total. The van der Waals surface area contributed by atoms with Gasteiger partial charge in [-0.05, 0) is 32.9 Å². The summed E-state index contributed by atoms with van der Waals surface area (Å²) in [5.41, 5.74) is 3.20. The average Bonchev–Trinajstić information content (AvgIpc) is 2.23. The Balaban J connectivity index is 2.77. The van der Waals surface area contributed by atoms with E-state index in [0.29, 0.717) is 11.1 Å². The summed E-state index contributed by atoms with van der Waals surface area (Å²) in [5.74, 6) is 1.58. The average molecular weight is 217 g/mol. The highest BCUT2D eigenvalue weighted by Gasteiger charge is 2.06. The molecule has 3 heteroatoms. The van der Waals surface area contributed by atoms with Gasteiger partial charge >= 0.3 is 0 Å². The molecule has 0 unspecified atom stereocenters. The first-order valence-corrected chi connectivity index (χ1v) is 5.10. The zero-order valence-corrected chi connectivity index (χ0v) is 9.76. The predicted octanol–water partition coefficient (Wildman–Crippen LogP) is 1.81. The fraction of sp³-hybridized carbons (Fsp3) is 0.308. The minimum atomic E-state index is -0.165. The van der Waals surface area contributed by atoms with Gasteiger partial charge in [-0.2, -0.15) is 0 Å². The zero-order chi connectivity index (χ0) is 12.1. The molecular weight excluding hydrogens is 202 g/mol. The minimum Gasteiger partial charge on any atom is -0.348 e. The summed E-state index contributed by atoms with van der Waals surface area (Å²) >= 11 is 0. The summed E-state index contributed by atoms with van der Waals surface area (Å²) in [7, 11) is 0. The van der Waals surface area contributed by atoms with Crippen molar-refractivity contribution < 1.29 is 9.59 Å². The molecule has 0 radical (unpaired) electrons. The maximum absolute atomic E-state index is 11.7. The normalized spacial score (nSPS) is 9.44. The Morgan fingerprint density at radius 2 is 1.81 bits per heavy atom. The smallest absolute Gasteiger partial charge is 0.251 e. The van der Waals surface area contributed by atoms with Crippen LogP contribution in [0.4, 0.5) is 0 Å². The fourth-order valence-corrected chi connectivity index (χ4v) is 1.46. The molecule has 0 heterocycles. The molecule has 0 saturated carbocycles. The summed E-state index contributed by atoms with van der Waals surface area (Å²) in [4.78, 5) is 22.0. The van der Waals surface area contributed by atoms with E-state index in [1.807, 2.05) is 32.0 Å². The van der Waals surface area contributed by atoms with Crippen molar-refractivity contribution >= 4 is 11.8 Å². The van der Waals surface area contributed by atoms with Gasteiger partial charge in [0, 0.05) is 17.7 Å². The highest BCUT2D eigenvalue weighted by atomic mass is 16.1. The third-order valence-electron chi connectivity index (χ3n) is 2.17. The van der Waals surface area contributed by atoms with Crippen LogP contribution in [0.25, 0.3) is 0 Å². The van der Waals surface area contributed by atoms with Crippen molar-refractivity contribution in [1.29, 1.82) is 0 Å². The van der Waals surface area contributed by atoms with Gasteiger partial charge < -0.3 is 5.32 Å². The van der Waals surface area contributed by atoms with Gasteiger partial charge in [-0.15, -0.1) is 0 Å². The van der Waals surface area contributed by atoms with E-state index in [1.165, 1.54) is 0 Å². The van der Waals surface area contributed by atoms with Crippen molar-refractivity contribution in [3.8, 4) is 0 Å². The molecular formula is C13H15NO2. The van der Waals surface area contributed by atoms with Gasteiger partial charge in [0.15, 0.2) is 0 Å². The van der Waals surface area contributed by atoms with Gasteiger partial charge in [-0.3, -0.25) is 4.79 Å². The second-order valence-corrected chi connectivity index (χ2v) is 3.94. The maximum atomic E-state index is 11.7. The molecule has 0 spiro atoms. The Bertz CT molecular complexity index is 437. The van der Waals surface area contributed by atoms with Crippen LogP contribution in [0.2, 0.25) is 0 Å². The number of rotatable bonds is 3. The monoisotopic (exact) mass is 217 g/mol. The molecule has 0 bridgehead atoms. The van der Waals surface area contributed by atoms with E-state index in [0.717, 1.165) is 11.1 Å². The van der Waals surface area contributed by atoms with E-state index in [2.05, 4.69) is 5.32 Å². The van der Waals surface area contributed by atoms with Gasteiger partial charge in [0.1, 0.15) is 5.94 Å². The molecule has 0 aromatic heterocycles. The molecule has 0 aliphatic rings. The molecule has 1 N–H and O–H groups in total. The first kappa shape index (κ1) is 12.2. The van der Waals surface area contributed by atoms with Crippen molar-refractivity contribution in [2.45, 2.75) is 20.8 Å². The molecule has 1 rings (SSSR count). The molecule has 1 amide bonds. The Kier molecular flexibility index (Phi) is 4.03. The van der Waals surface area contributed by atoms with Crippen LogP contribution in [0.5, 0.6) is 0 Å². The first-order valence-electron chi connectivity index (χ1n) is 5.10. The highest BCUT2D eigenvalue weighted by Crippen LogP contribution is 2.08. The van der Waals surface area contributed by atoms with Crippen LogP contribution in [0.1, 0.15) is 28.4 Å². The predicted molar refractivity (Wildman–Crippen MR) is 63.1 cm³/mol. The number of aryl methyl sites for hydroxylation is 2. The Morgan fingerprint density at radius 1 is 1.25 bits per heavy atom. The van der Waals surface area contributed by atoms with Crippen molar-refractivity contribution in [1.82, 2.24) is 5.32 Å². The maximum Gasteiger partial charge on any atom is 0.251 e. The van der Waals surface area contributed by atoms with Crippen molar-refractivity contribution in [3.63, 3.8) is 0 Å². The third-order valence-corrected chi connectivity index (χ3v) is 2.17. The van der Waals surface area contributed by atoms with Crippen molar-refractivity contribution in [2.75, 3.05) is 6.54 Å². The van der Waals surface area contributed by atoms with Crippen LogP contribution in [0.3, 0.4) is 0 Å². The summed E-state index contributed by atoms with van der Waals surface area (Å²) in [6.45, 7) is 5.77. The lowest BCUT2D eigenvalue weighted by Crippen LogP contribution is -2.25. The van der Waals surface area contributed by atoms with E-state index in [1.54, 1.807) is 12.9 Å². The highest BCUT2D eigenvalue weighted by molar-refractivity contribution is 5.94. The Labute approximate surface area is 95.2 Å². The molecule has 0 aliphatic heterocycles. The van der Waals surface area contributed by atoms with Crippen molar-refractivity contribution in [2.24, 2.45) is 0 Å². The van der Waals surface area contributed by atoms with Crippen LogP contribution in [0, 0.1) is 13.8 Å². The molecule has 0 fully saturated rings. The van der Waals surface area contributed by atoms with Crippen LogP contribution in [-0.2, 0) is 4.79 Å². The number of amides is 1.